The molecule has 37 heavy (non-hydrogen) atoms. The van der Waals surface area contributed by atoms with Crippen molar-refractivity contribution in [3.05, 3.63) is 78.4 Å². The molecule has 1 N–H and O–H groups in total. The van der Waals surface area contributed by atoms with Gasteiger partial charge in [0.2, 0.25) is 0 Å². The molecule has 0 aliphatic carbocycles. The Morgan fingerprint density at radius 1 is 0.757 bits per heavy atom. The van der Waals surface area contributed by atoms with Gasteiger partial charge in [0.1, 0.15) is 0 Å². The number of aromatic nitrogens is 1. The van der Waals surface area contributed by atoms with Crippen LogP contribution in [-0.2, 0) is 23.1 Å². The van der Waals surface area contributed by atoms with Crippen LogP contribution in [0.25, 0.3) is 21.5 Å². The number of unbranched alkanes of at least 4 members (excludes halogenated alkanes) is 3. The minimum absolute atomic E-state index is 0.00348. The first-order chi connectivity index (χ1) is 17.9. The van der Waals surface area contributed by atoms with Crippen molar-refractivity contribution in [2.75, 3.05) is 18.0 Å². The second-order valence-corrected chi connectivity index (χ2v) is 11.1. The first-order valence-corrected chi connectivity index (χ1v) is 15.0. The molecule has 6 heteroatoms. The standard InChI is InChI=1S/C31H38N2O3S/c1-3-5-21-32(22-6-4-2)30-24-27-16-8-10-20-29(27)31(37(34,35)36)33(30)23-12-11-15-26-18-13-17-25-14-7-9-19-28(25)26/h7-10,13-14,16-20,24H,3-6,11-12,15,21-23H2,1-2H3/p+1. The molecule has 0 aliphatic heterocycles. The highest BCUT2D eigenvalue weighted by Gasteiger charge is 2.30. The lowest BCUT2D eigenvalue weighted by Gasteiger charge is -2.22. The SMILES string of the molecule is CCCCN(CCCC)c1cc2ccccc2c(S(=O)(=O)O)[n+]1CCCCc1cccc2ccccc12. The quantitative estimate of drug-likeness (QED) is 0.118. The maximum Gasteiger partial charge on any atom is 0.332 e. The number of fused-ring (bicyclic) bond motifs is 2. The summed E-state index contributed by atoms with van der Waals surface area (Å²) in [5.74, 6) is 0.874. The van der Waals surface area contributed by atoms with Gasteiger partial charge < -0.3 is 0 Å². The van der Waals surface area contributed by atoms with Gasteiger partial charge in [0, 0.05) is 11.5 Å². The van der Waals surface area contributed by atoms with Crippen LogP contribution >= 0.6 is 0 Å². The molecular weight excluding hydrogens is 480 g/mol. The molecule has 0 atom stereocenters. The molecule has 0 amide bonds. The molecule has 4 rings (SSSR count). The van der Waals surface area contributed by atoms with Gasteiger partial charge in [-0.25, -0.2) is 4.57 Å². The molecule has 0 aliphatic rings. The topological polar surface area (TPSA) is 61.5 Å². The zero-order valence-electron chi connectivity index (χ0n) is 22.1. The number of hydrogen-bond acceptors (Lipinski definition) is 3. The zero-order valence-corrected chi connectivity index (χ0v) is 22.9. The Labute approximate surface area is 221 Å². The van der Waals surface area contributed by atoms with Gasteiger partial charge in [-0.15, -0.1) is 0 Å². The Hall–Kier alpha value is -2.96. The number of hydrogen-bond donors (Lipinski definition) is 1. The highest BCUT2D eigenvalue weighted by molar-refractivity contribution is 7.85. The van der Waals surface area contributed by atoms with Crippen molar-refractivity contribution in [2.24, 2.45) is 0 Å². The molecule has 4 aromatic rings. The van der Waals surface area contributed by atoms with E-state index >= 15 is 0 Å². The smallest absolute Gasteiger partial charge is 0.279 e. The monoisotopic (exact) mass is 519 g/mol. The van der Waals surface area contributed by atoms with Gasteiger partial charge in [-0.1, -0.05) is 87.4 Å². The van der Waals surface area contributed by atoms with Crippen molar-refractivity contribution >= 4 is 37.5 Å². The minimum Gasteiger partial charge on any atom is -0.279 e. The Morgan fingerprint density at radius 3 is 2.05 bits per heavy atom. The molecule has 0 unspecified atom stereocenters. The molecule has 1 aromatic heterocycles. The summed E-state index contributed by atoms with van der Waals surface area (Å²) in [4.78, 5) is 2.30. The van der Waals surface area contributed by atoms with E-state index in [0.717, 1.165) is 69.2 Å². The van der Waals surface area contributed by atoms with Crippen molar-refractivity contribution in [1.29, 1.82) is 0 Å². The number of aryl methyl sites for hydroxylation is 1. The molecule has 0 spiro atoms. The van der Waals surface area contributed by atoms with Gasteiger partial charge in [-0.3, -0.25) is 9.45 Å². The zero-order chi connectivity index (χ0) is 26.3. The van der Waals surface area contributed by atoms with Crippen LogP contribution in [0.1, 0.15) is 57.9 Å². The fourth-order valence-corrected chi connectivity index (χ4v) is 6.10. The van der Waals surface area contributed by atoms with Gasteiger partial charge >= 0.3 is 10.1 Å². The van der Waals surface area contributed by atoms with E-state index in [1.54, 1.807) is 6.07 Å². The second-order valence-electron chi connectivity index (χ2n) is 9.81. The molecule has 1 heterocycles. The van der Waals surface area contributed by atoms with E-state index in [1.165, 1.54) is 16.3 Å². The van der Waals surface area contributed by atoms with E-state index in [4.69, 9.17) is 0 Å². The Morgan fingerprint density at radius 2 is 1.38 bits per heavy atom. The Balaban J connectivity index is 1.69. The molecule has 0 saturated carbocycles. The molecule has 3 aromatic carbocycles. The fraction of sp³-hybridized carbons (Fsp3) is 0.387. The number of anilines is 1. The average molecular weight is 520 g/mol. The predicted molar refractivity (Wildman–Crippen MR) is 153 cm³/mol. The van der Waals surface area contributed by atoms with E-state index in [0.29, 0.717) is 11.9 Å². The summed E-state index contributed by atoms with van der Waals surface area (Å²) in [6.07, 6.45) is 6.82. The van der Waals surface area contributed by atoms with Gasteiger partial charge in [-0.2, -0.15) is 8.42 Å². The molecule has 0 saturated heterocycles. The van der Waals surface area contributed by atoms with E-state index in [-0.39, 0.29) is 5.03 Å². The predicted octanol–water partition coefficient (Wildman–Crippen LogP) is 6.96. The normalized spacial score (nSPS) is 11.9. The van der Waals surface area contributed by atoms with Gasteiger partial charge in [0.05, 0.1) is 19.6 Å². The van der Waals surface area contributed by atoms with E-state index in [9.17, 15) is 13.0 Å². The summed E-state index contributed by atoms with van der Waals surface area (Å²) in [6.45, 7) is 6.58. The summed E-state index contributed by atoms with van der Waals surface area (Å²) in [5, 5.41) is 3.91. The van der Waals surface area contributed by atoms with Crippen LogP contribution in [0.3, 0.4) is 0 Å². The molecule has 0 fully saturated rings. The number of rotatable bonds is 13. The lowest BCUT2D eigenvalue weighted by Crippen LogP contribution is -2.47. The Bertz CT molecular complexity index is 1440. The third-order valence-corrected chi connectivity index (χ3v) is 8.02. The molecule has 5 nitrogen and oxygen atoms in total. The fourth-order valence-electron chi connectivity index (χ4n) is 5.18. The minimum atomic E-state index is -4.44. The number of benzene rings is 3. The highest BCUT2D eigenvalue weighted by Crippen LogP contribution is 2.26. The number of nitrogens with zero attached hydrogens (tertiary/aromatic N) is 2. The van der Waals surface area contributed by atoms with Gasteiger partial charge in [0.15, 0.2) is 0 Å². The third kappa shape index (κ3) is 6.49. The van der Waals surface area contributed by atoms with Crippen molar-refractivity contribution in [3.8, 4) is 0 Å². The van der Waals surface area contributed by atoms with E-state index < -0.39 is 10.1 Å². The van der Waals surface area contributed by atoms with Crippen molar-refractivity contribution in [2.45, 2.75) is 70.4 Å². The lowest BCUT2D eigenvalue weighted by molar-refractivity contribution is -0.720. The van der Waals surface area contributed by atoms with Crippen LogP contribution in [0.5, 0.6) is 0 Å². The first-order valence-electron chi connectivity index (χ1n) is 13.6. The molecular formula is C31H39N2O3S+. The molecule has 0 bridgehead atoms. The van der Waals surface area contributed by atoms with Crippen LogP contribution in [-0.4, -0.2) is 26.1 Å². The van der Waals surface area contributed by atoms with Gasteiger partial charge in [0.25, 0.3) is 10.8 Å². The van der Waals surface area contributed by atoms with E-state index in [2.05, 4.69) is 67.3 Å². The van der Waals surface area contributed by atoms with Crippen molar-refractivity contribution in [1.82, 2.24) is 0 Å². The third-order valence-electron chi connectivity index (χ3n) is 7.09. The maximum atomic E-state index is 12.8. The van der Waals surface area contributed by atoms with Crippen molar-refractivity contribution < 1.29 is 17.5 Å². The lowest BCUT2D eigenvalue weighted by atomic mass is 10.0. The van der Waals surface area contributed by atoms with Crippen LogP contribution in [0, 0.1) is 0 Å². The van der Waals surface area contributed by atoms with Gasteiger partial charge in [-0.05, 0) is 59.9 Å². The Kier molecular flexibility index (Phi) is 9.17. The summed E-state index contributed by atoms with van der Waals surface area (Å²) in [6, 6.07) is 24.4. The molecule has 0 radical (unpaired) electrons. The largest absolute Gasteiger partial charge is 0.332 e. The van der Waals surface area contributed by atoms with Crippen LogP contribution < -0.4 is 9.47 Å². The average Bonchev–Trinajstić information content (AvgIpc) is 2.90. The van der Waals surface area contributed by atoms with Crippen LogP contribution in [0.15, 0.2) is 77.8 Å². The summed E-state index contributed by atoms with van der Waals surface area (Å²) >= 11 is 0. The summed E-state index contributed by atoms with van der Waals surface area (Å²) in [5.41, 5.74) is 1.31. The number of pyridine rings is 1. The highest BCUT2D eigenvalue weighted by atomic mass is 32.2. The summed E-state index contributed by atoms with van der Waals surface area (Å²) in [7, 11) is -4.44. The van der Waals surface area contributed by atoms with Crippen LogP contribution in [0.4, 0.5) is 5.82 Å². The van der Waals surface area contributed by atoms with Crippen molar-refractivity contribution in [3.63, 3.8) is 0 Å². The first kappa shape index (κ1) is 27.1. The second kappa shape index (κ2) is 12.5. The van der Waals surface area contributed by atoms with E-state index in [1.807, 2.05) is 22.8 Å². The van der Waals surface area contributed by atoms with Crippen LogP contribution in [0.2, 0.25) is 0 Å². The molecule has 196 valence electrons. The summed E-state index contributed by atoms with van der Waals surface area (Å²) < 4.78 is 37.8. The maximum absolute atomic E-state index is 12.8.